The first-order chi connectivity index (χ1) is 10.7. The minimum Gasteiger partial charge on any atom is -0.347 e. The summed E-state index contributed by atoms with van der Waals surface area (Å²) in [6, 6.07) is 15.8. The summed E-state index contributed by atoms with van der Waals surface area (Å²) in [4.78, 5) is 14.5. The van der Waals surface area contributed by atoms with Gasteiger partial charge >= 0.3 is 0 Å². The SMILES string of the molecule is O=[N+]([O-])c1cccc(CNc2noc(-c3ccccc3)n2)c1. The van der Waals surface area contributed by atoms with Crippen molar-refractivity contribution < 1.29 is 9.45 Å². The van der Waals surface area contributed by atoms with Crippen LogP contribution >= 0.6 is 0 Å². The van der Waals surface area contributed by atoms with Gasteiger partial charge in [0, 0.05) is 24.2 Å². The zero-order valence-corrected chi connectivity index (χ0v) is 11.5. The predicted molar refractivity (Wildman–Crippen MR) is 80.2 cm³/mol. The molecule has 0 radical (unpaired) electrons. The molecule has 0 bridgehead atoms. The lowest BCUT2D eigenvalue weighted by atomic mass is 10.2. The van der Waals surface area contributed by atoms with Crippen molar-refractivity contribution in [3.05, 3.63) is 70.3 Å². The zero-order valence-electron chi connectivity index (χ0n) is 11.5. The van der Waals surface area contributed by atoms with Crippen molar-refractivity contribution in [2.75, 3.05) is 5.32 Å². The normalized spacial score (nSPS) is 10.4. The maximum absolute atomic E-state index is 10.7. The van der Waals surface area contributed by atoms with Gasteiger partial charge in [0.15, 0.2) is 0 Å². The number of nitro benzene ring substituents is 1. The molecule has 0 aliphatic rings. The second-order valence-electron chi connectivity index (χ2n) is 4.57. The Balaban J connectivity index is 1.69. The third-order valence-electron chi connectivity index (χ3n) is 3.02. The molecule has 0 saturated carbocycles. The smallest absolute Gasteiger partial charge is 0.269 e. The molecular formula is C15H12N4O3. The average molecular weight is 296 g/mol. The van der Waals surface area contributed by atoms with Gasteiger partial charge in [0.2, 0.25) is 0 Å². The number of hydrogen-bond donors (Lipinski definition) is 1. The van der Waals surface area contributed by atoms with Crippen LogP contribution < -0.4 is 5.32 Å². The minimum absolute atomic E-state index is 0.0531. The fourth-order valence-corrected chi connectivity index (χ4v) is 1.95. The molecule has 0 aliphatic heterocycles. The highest BCUT2D eigenvalue weighted by atomic mass is 16.6. The second kappa shape index (κ2) is 6.04. The van der Waals surface area contributed by atoms with Gasteiger partial charge in [-0.3, -0.25) is 10.1 Å². The van der Waals surface area contributed by atoms with Crippen LogP contribution in [-0.4, -0.2) is 15.1 Å². The number of nitrogens with one attached hydrogen (secondary N) is 1. The Labute approximate surface area is 125 Å². The van der Waals surface area contributed by atoms with Crippen molar-refractivity contribution in [3.8, 4) is 11.5 Å². The molecule has 7 nitrogen and oxygen atoms in total. The maximum atomic E-state index is 10.7. The summed E-state index contributed by atoms with van der Waals surface area (Å²) in [6.45, 7) is 0.370. The van der Waals surface area contributed by atoms with Crippen LogP contribution in [0.25, 0.3) is 11.5 Å². The Morgan fingerprint density at radius 3 is 2.73 bits per heavy atom. The van der Waals surface area contributed by atoms with Gasteiger partial charge < -0.3 is 9.84 Å². The number of nitro groups is 1. The molecule has 2 aromatic carbocycles. The van der Waals surface area contributed by atoms with Crippen LogP contribution in [0.3, 0.4) is 0 Å². The highest BCUT2D eigenvalue weighted by molar-refractivity contribution is 5.53. The van der Waals surface area contributed by atoms with Crippen LogP contribution in [0.15, 0.2) is 59.1 Å². The monoisotopic (exact) mass is 296 g/mol. The number of anilines is 1. The van der Waals surface area contributed by atoms with Crippen LogP contribution in [-0.2, 0) is 6.54 Å². The molecule has 0 saturated heterocycles. The molecule has 3 rings (SSSR count). The van der Waals surface area contributed by atoms with Crippen molar-refractivity contribution in [2.24, 2.45) is 0 Å². The Bertz CT molecular complexity index is 786. The lowest BCUT2D eigenvalue weighted by Crippen LogP contribution is -2.01. The van der Waals surface area contributed by atoms with E-state index in [0.29, 0.717) is 18.4 Å². The van der Waals surface area contributed by atoms with E-state index in [9.17, 15) is 10.1 Å². The van der Waals surface area contributed by atoms with E-state index in [1.165, 1.54) is 12.1 Å². The molecule has 3 aromatic rings. The first-order valence-corrected chi connectivity index (χ1v) is 6.59. The Hall–Kier alpha value is -3.22. The largest absolute Gasteiger partial charge is 0.347 e. The minimum atomic E-state index is -0.425. The quantitative estimate of drug-likeness (QED) is 0.573. The zero-order chi connectivity index (χ0) is 15.4. The molecule has 110 valence electrons. The van der Waals surface area contributed by atoms with Crippen molar-refractivity contribution in [3.63, 3.8) is 0 Å². The molecule has 0 atom stereocenters. The molecule has 0 spiro atoms. The molecule has 0 unspecified atom stereocenters. The molecular weight excluding hydrogens is 284 g/mol. The molecule has 0 amide bonds. The summed E-state index contributed by atoms with van der Waals surface area (Å²) >= 11 is 0. The molecule has 1 N–H and O–H groups in total. The summed E-state index contributed by atoms with van der Waals surface area (Å²) in [5.41, 5.74) is 1.65. The number of hydrogen-bond acceptors (Lipinski definition) is 6. The maximum Gasteiger partial charge on any atom is 0.269 e. The Morgan fingerprint density at radius 2 is 1.95 bits per heavy atom. The standard InChI is InChI=1S/C15H12N4O3/c20-19(21)13-8-4-5-11(9-13)10-16-15-17-14(22-18-15)12-6-2-1-3-7-12/h1-9H,10H2,(H,16,18). The third kappa shape index (κ3) is 3.09. The van der Waals surface area contributed by atoms with Gasteiger partial charge in [-0.2, -0.15) is 4.98 Å². The van der Waals surface area contributed by atoms with Crippen molar-refractivity contribution in [1.82, 2.24) is 10.1 Å². The summed E-state index contributed by atoms with van der Waals surface area (Å²) in [5.74, 6) is 0.757. The van der Waals surface area contributed by atoms with Gasteiger partial charge in [0.25, 0.3) is 17.5 Å². The molecule has 1 aromatic heterocycles. The highest BCUT2D eigenvalue weighted by Crippen LogP contribution is 2.18. The Morgan fingerprint density at radius 1 is 1.14 bits per heavy atom. The third-order valence-corrected chi connectivity index (χ3v) is 3.02. The fourth-order valence-electron chi connectivity index (χ4n) is 1.95. The van der Waals surface area contributed by atoms with Crippen LogP contribution in [0.5, 0.6) is 0 Å². The summed E-state index contributed by atoms with van der Waals surface area (Å²) in [7, 11) is 0. The van der Waals surface area contributed by atoms with E-state index in [2.05, 4.69) is 15.5 Å². The number of aromatic nitrogens is 2. The first-order valence-electron chi connectivity index (χ1n) is 6.59. The van der Waals surface area contributed by atoms with Gasteiger partial charge in [-0.1, -0.05) is 30.3 Å². The van der Waals surface area contributed by atoms with Crippen LogP contribution in [0, 0.1) is 10.1 Å². The van der Waals surface area contributed by atoms with Crippen LogP contribution in [0.4, 0.5) is 11.6 Å². The van der Waals surface area contributed by atoms with Gasteiger partial charge in [0.05, 0.1) is 4.92 Å². The number of nitrogens with zero attached hydrogens (tertiary/aromatic N) is 3. The van der Waals surface area contributed by atoms with Gasteiger partial charge in [0.1, 0.15) is 0 Å². The topological polar surface area (TPSA) is 94.1 Å². The van der Waals surface area contributed by atoms with Crippen molar-refractivity contribution >= 4 is 11.6 Å². The molecule has 0 fully saturated rings. The molecule has 0 aliphatic carbocycles. The fraction of sp³-hybridized carbons (Fsp3) is 0.0667. The van der Waals surface area contributed by atoms with Crippen molar-refractivity contribution in [1.29, 1.82) is 0 Å². The lowest BCUT2D eigenvalue weighted by molar-refractivity contribution is -0.384. The lowest BCUT2D eigenvalue weighted by Gasteiger charge is -2.01. The van der Waals surface area contributed by atoms with E-state index in [-0.39, 0.29) is 5.69 Å². The van der Waals surface area contributed by atoms with E-state index in [0.717, 1.165) is 11.1 Å². The van der Waals surface area contributed by atoms with Crippen LogP contribution in [0.2, 0.25) is 0 Å². The highest BCUT2D eigenvalue weighted by Gasteiger charge is 2.09. The number of benzene rings is 2. The van der Waals surface area contributed by atoms with E-state index >= 15 is 0 Å². The average Bonchev–Trinajstić information content (AvgIpc) is 3.03. The van der Waals surface area contributed by atoms with E-state index < -0.39 is 4.92 Å². The van der Waals surface area contributed by atoms with Crippen molar-refractivity contribution in [2.45, 2.75) is 6.54 Å². The van der Waals surface area contributed by atoms with Gasteiger partial charge in [-0.25, -0.2) is 0 Å². The van der Waals surface area contributed by atoms with Gasteiger partial charge in [-0.15, -0.1) is 0 Å². The van der Waals surface area contributed by atoms with E-state index in [4.69, 9.17) is 4.52 Å². The summed E-state index contributed by atoms with van der Waals surface area (Å²) in [6.07, 6.45) is 0. The predicted octanol–water partition coefficient (Wildman–Crippen LogP) is 3.26. The summed E-state index contributed by atoms with van der Waals surface area (Å²) in [5, 5.41) is 17.5. The molecule has 22 heavy (non-hydrogen) atoms. The summed E-state index contributed by atoms with van der Waals surface area (Å²) < 4.78 is 5.17. The number of non-ortho nitro benzene ring substituents is 1. The second-order valence-corrected chi connectivity index (χ2v) is 4.57. The van der Waals surface area contributed by atoms with E-state index in [1.807, 2.05) is 30.3 Å². The molecule has 7 heteroatoms. The van der Waals surface area contributed by atoms with Crippen LogP contribution in [0.1, 0.15) is 5.56 Å². The first kappa shape index (κ1) is 13.7. The Kier molecular flexibility index (Phi) is 3.78. The van der Waals surface area contributed by atoms with E-state index in [1.54, 1.807) is 12.1 Å². The molecule has 1 heterocycles. The van der Waals surface area contributed by atoms with Gasteiger partial charge in [-0.05, 0) is 22.9 Å². The number of rotatable bonds is 5.